The monoisotopic (exact) mass is 311 g/mol. The highest BCUT2D eigenvalue weighted by atomic mass is 32.1. The Kier molecular flexibility index (Phi) is 4.38. The second-order valence-electron chi connectivity index (χ2n) is 3.82. The third-order valence-electron chi connectivity index (χ3n) is 2.43. The van der Waals surface area contributed by atoms with Crippen molar-refractivity contribution in [2.45, 2.75) is 13.5 Å². The Bertz CT molecular complexity index is 709. The van der Waals surface area contributed by atoms with Crippen molar-refractivity contribution in [2.24, 2.45) is 5.10 Å². The molecule has 10 heteroatoms. The van der Waals surface area contributed by atoms with Gasteiger partial charge in [0.1, 0.15) is 6.20 Å². The lowest BCUT2D eigenvalue weighted by Crippen LogP contribution is -2.19. The van der Waals surface area contributed by atoms with Crippen LogP contribution in [0, 0.1) is 15.2 Å². The molecule has 0 aliphatic heterocycles. The molecule has 0 aliphatic carbocycles. The molecule has 2 aromatic heterocycles. The largest absolute Gasteiger partial charge is 0.320 e. The van der Waals surface area contributed by atoms with Crippen LogP contribution in [0.25, 0.3) is 0 Å². The minimum Gasteiger partial charge on any atom is -0.265 e. The van der Waals surface area contributed by atoms with Crippen LogP contribution in [0.15, 0.2) is 23.4 Å². The molecule has 1 N–H and O–H groups in total. The normalized spacial score (nSPS) is 11.0. The average Bonchev–Trinajstić information content (AvgIpc) is 3.04. The zero-order valence-electron chi connectivity index (χ0n) is 10.8. The summed E-state index contributed by atoms with van der Waals surface area (Å²) in [6.07, 6.45) is 2.42. The molecule has 2 rings (SSSR count). The van der Waals surface area contributed by atoms with Gasteiger partial charge in [0.05, 0.1) is 16.0 Å². The number of carbonyl (C=O) groups is 1. The molecule has 0 saturated carbocycles. The van der Waals surface area contributed by atoms with Crippen LogP contribution in [-0.2, 0) is 6.54 Å². The Morgan fingerprint density at radius 1 is 1.67 bits per heavy atom. The predicted octanol–water partition coefficient (Wildman–Crippen LogP) is 1.78. The van der Waals surface area contributed by atoms with Crippen LogP contribution >= 0.6 is 11.3 Å². The number of carbonyl (C=O) groups excluding carboxylic acids is 1. The number of nitrogens with one attached hydrogen (secondary N) is 1. The Morgan fingerprint density at radius 2 is 2.43 bits per heavy atom. The Labute approximate surface area is 122 Å². The molecule has 0 spiro atoms. The lowest BCUT2D eigenvalue weighted by atomic mass is 10.3. The van der Waals surface area contributed by atoms with Crippen molar-refractivity contribution in [1.29, 1.82) is 0 Å². The lowest BCUT2D eigenvalue weighted by Gasteiger charge is -1.95. The molecule has 2 heterocycles. The summed E-state index contributed by atoms with van der Waals surface area (Å²) in [4.78, 5) is 22.5. The van der Waals surface area contributed by atoms with Crippen molar-refractivity contribution in [3.63, 3.8) is 0 Å². The fraction of sp³-hybridized carbons (Fsp3) is 0.182. The maximum absolute atomic E-state index is 12.7. The van der Waals surface area contributed by atoms with Crippen LogP contribution in [0.5, 0.6) is 0 Å². The van der Waals surface area contributed by atoms with E-state index in [0.717, 1.165) is 11.3 Å². The second-order valence-corrected chi connectivity index (χ2v) is 4.88. The molecule has 0 bridgehead atoms. The van der Waals surface area contributed by atoms with Gasteiger partial charge in [-0.3, -0.25) is 19.6 Å². The maximum atomic E-state index is 12.7. The number of halogens is 1. The summed E-state index contributed by atoms with van der Waals surface area (Å²) in [5, 5.41) is 17.9. The van der Waals surface area contributed by atoms with E-state index in [-0.39, 0.29) is 10.8 Å². The van der Waals surface area contributed by atoms with Gasteiger partial charge in [0.2, 0.25) is 5.69 Å². The number of hydrazone groups is 1. The molecule has 0 fully saturated rings. The molecular formula is C11H10FN5O3S. The van der Waals surface area contributed by atoms with Gasteiger partial charge >= 0.3 is 5.69 Å². The first-order valence-corrected chi connectivity index (χ1v) is 6.63. The van der Waals surface area contributed by atoms with Crippen LogP contribution in [0.3, 0.4) is 0 Å². The highest BCUT2D eigenvalue weighted by molar-refractivity contribution is 7.12. The van der Waals surface area contributed by atoms with Crippen molar-refractivity contribution in [3.8, 4) is 0 Å². The molecule has 110 valence electrons. The number of amides is 1. The van der Waals surface area contributed by atoms with Gasteiger partial charge in [-0.2, -0.15) is 14.6 Å². The zero-order valence-corrected chi connectivity index (χ0v) is 11.6. The highest BCUT2D eigenvalue weighted by Gasteiger charge is 2.25. The fourth-order valence-corrected chi connectivity index (χ4v) is 2.08. The van der Waals surface area contributed by atoms with Crippen molar-refractivity contribution < 1.29 is 14.1 Å². The van der Waals surface area contributed by atoms with Gasteiger partial charge < -0.3 is 0 Å². The van der Waals surface area contributed by atoms with Gasteiger partial charge in [-0.25, -0.2) is 5.43 Å². The van der Waals surface area contributed by atoms with E-state index in [2.05, 4.69) is 15.6 Å². The van der Waals surface area contributed by atoms with Gasteiger partial charge in [-0.15, -0.1) is 11.3 Å². The van der Waals surface area contributed by atoms with E-state index in [1.807, 2.05) is 0 Å². The van der Waals surface area contributed by atoms with Crippen LogP contribution in [0.1, 0.15) is 22.3 Å². The summed E-state index contributed by atoms with van der Waals surface area (Å²) >= 11 is 0.856. The van der Waals surface area contributed by atoms with Gasteiger partial charge in [0.15, 0.2) is 5.13 Å². The lowest BCUT2D eigenvalue weighted by molar-refractivity contribution is -0.385. The summed E-state index contributed by atoms with van der Waals surface area (Å²) < 4.78 is 14.0. The molecule has 1 amide bonds. The van der Waals surface area contributed by atoms with Gasteiger partial charge in [-0.05, 0) is 19.1 Å². The van der Waals surface area contributed by atoms with E-state index < -0.39 is 16.5 Å². The van der Waals surface area contributed by atoms with Gasteiger partial charge in [0, 0.05) is 6.54 Å². The Balaban J connectivity index is 2.11. The minimum absolute atomic E-state index is 0.323. The summed E-state index contributed by atoms with van der Waals surface area (Å²) in [6.45, 7) is 2.13. The maximum Gasteiger partial charge on any atom is 0.320 e. The van der Waals surface area contributed by atoms with Crippen molar-refractivity contribution in [3.05, 3.63) is 44.1 Å². The first-order chi connectivity index (χ1) is 10.0. The molecule has 0 aliphatic rings. The fourth-order valence-electron chi connectivity index (χ4n) is 1.47. The second kappa shape index (κ2) is 6.22. The van der Waals surface area contributed by atoms with Crippen LogP contribution in [0.4, 0.5) is 10.1 Å². The summed E-state index contributed by atoms with van der Waals surface area (Å²) in [6, 6.07) is 2.76. The van der Waals surface area contributed by atoms with E-state index in [1.165, 1.54) is 29.2 Å². The molecule has 0 aromatic carbocycles. The zero-order chi connectivity index (χ0) is 15.4. The average molecular weight is 311 g/mol. The summed E-state index contributed by atoms with van der Waals surface area (Å²) in [5.41, 5.74) is 1.40. The number of hydrogen-bond acceptors (Lipinski definition) is 6. The molecular weight excluding hydrogens is 301 g/mol. The smallest absolute Gasteiger partial charge is 0.265 e. The van der Waals surface area contributed by atoms with E-state index in [1.54, 1.807) is 6.92 Å². The van der Waals surface area contributed by atoms with E-state index in [4.69, 9.17) is 0 Å². The number of nitrogens with zero attached hydrogens (tertiary/aromatic N) is 4. The number of thiophene rings is 1. The molecule has 21 heavy (non-hydrogen) atoms. The van der Waals surface area contributed by atoms with Crippen molar-refractivity contribution in [1.82, 2.24) is 15.2 Å². The minimum atomic E-state index is -0.804. The van der Waals surface area contributed by atoms with E-state index in [9.17, 15) is 19.3 Å². The number of aromatic nitrogens is 2. The van der Waals surface area contributed by atoms with Crippen molar-refractivity contribution in [2.75, 3.05) is 0 Å². The predicted molar refractivity (Wildman–Crippen MR) is 73.9 cm³/mol. The van der Waals surface area contributed by atoms with E-state index in [0.29, 0.717) is 11.4 Å². The van der Waals surface area contributed by atoms with Crippen molar-refractivity contribution >= 4 is 29.1 Å². The Hall–Kier alpha value is -2.62. The highest BCUT2D eigenvalue weighted by Crippen LogP contribution is 2.16. The molecule has 0 unspecified atom stereocenters. The third-order valence-corrected chi connectivity index (χ3v) is 3.24. The Morgan fingerprint density at radius 3 is 3.00 bits per heavy atom. The number of hydrogen-bond donors (Lipinski definition) is 1. The molecule has 2 aromatic rings. The standard InChI is InChI=1S/C11H10FN5O3S/c1-2-16-6-8(17(19)20)10(15-16)11(18)14-13-5-7-3-4-9(12)21-7/h3-6H,2H2,1H3,(H,14,18)/b13-5-. The molecule has 8 nitrogen and oxygen atoms in total. The molecule has 0 atom stereocenters. The number of rotatable bonds is 5. The summed E-state index contributed by atoms with van der Waals surface area (Å²) in [7, 11) is 0. The first kappa shape index (κ1) is 14.8. The van der Waals surface area contributed by atoms with Crippen LogP contribution in [-0.4, -0.2) is 26.8 Å². The first-order valence-electron chi connectivity index (χ1n) is 5.82. The van der Waals surface area contributed by atoms with Gasteiger partial charge in [-0.1, -0.05) is 0 Å². The molecule has 0 radical (unpaired) electrons. The van der Waals surface area contributed by atoms with E-state index >= 15 is 0 Å². The van der Waals surface area contributed by atoms with Gasteiger partial charge in [0.25, 0.3) is 5.91 Å². The SMILES string of the molecule is CCn1cc([N+](=O)[O-])c(C(=O)N/N=C\c2ccc(F)s2)n1. The topological polar surface area (TPSA) is 102 Å². The van der Waals surface area contributed by atoms with Crippen LogP contribution in [0.2, 0.25) is 0 Å². The third kappa shape index (κ3) is 3.48. The number of nitro groups is 1. The molecule has 0 saturated heterocycles. The number of aryl methyl sites for hydroxylation is 1. The summed E-state index contributed by atoms with van der Waals surface area (Å²) in [5.74, 6) is -0.804. The quantitative estimate of drug-likeness (QED) is 0.516. The van der Waals surface area contributed by atoms with Crippen LogP contribution < -0.4 is 5.43 Å².